The molecule has 0 spiro atoms. The maximum atomic E-state index is 6.14. The zero-order chi connectivity index (χ0) is 15.1. The van der Waals surface area contributed by atoms with Crippen LogP contribution in [-0.2, 0) is 0 Å². The topological polar surface area (TPSA) is 0 Å². The molecule has 0 saturated heterocycles. The molecule has 106 valence electrons. The highest BCUT2D eigenvalue weighted by molar-refractivity contribution is 6.42. The molecular formula is C20H12Cl2. The molecular weight excluding hydrogens is 311 g/mol. The van der Waals surface area contributed by atoms with Gasteiger partial charge < -0.3 is 0 Å². The number of hydrogen-bond acceptors (Lipinski definition) is 0. The first-order valence-corrected chi connectivity index (χ1v) is 7.85. The summed E-state index contributed by atoms with van der Waals surface area (Å²) in [5.41, 5.74) is 7.36. The fraction of sp³-hybridized carbons (Fsp3) is 0. The van der Waals surface area contributed by atoms with Crippen molar-refractivity contribution in [2.45, 2.75) is 0 Å². The van der Waals surface area contributed by atoms with E-state index >= 15 is 0 Å². The van der Waals surface area contributed by atoms with Crippen LogP contribution >= 0.6 is 23.2 Å². The van der Waals surface area contributed by atoms with Crippen molar-refractivity contribution in [3.05, 3.63) is 93.5 Å². The van der Waals surface area contributed by atoms with Crippen LogP contribution in [0.5, 0.6) is 0 Å². The fourth-order valence-corrected chi connectivity index (χ4v) is 3.28. The lowest BCUT2D eigenvalue weighted by atomic mass is 10.0. The van der Waals surface area contributed by atoms with E-state index in [-0.39, 0.29) is 0 Å². The first-order valence-electron chi connectivity index (χ1n) is 7.10. The number of halogens is 2. The van der Waals surface area contributed by atoms with Crippen molar-refractivity contribution < 1.29 is 0 Å². The lowest BCUT2D eigenvalue weighted by molar-refractivity contribution is 1.63. The third-order valence-electron chi connectivity index (χ3n) is 3.98. The van der Waals surface area contributed by atoms with Gasteiger partial charge in [-0.3, -0.25) is 0 Å². The Morgan fingerprint density at radius 3 is 1.68 bits per heavy atom. The van der Waals surface area contributed by atoms with E-state index in [1.807, 2.05) is 18.2 Å². The summed E-state index contributed by atoms with van der Waals surface area (Å²) in [6.07, 6.45) is 2.17. The van der Waals surface area contributed by atoms with Gasteiger partial charge in [0.25, 0.3) is 0 Å². The Labute approximate surface area is 139 Å². The Hall–Kier alpha value is -2.02. The Balaban J connectivity index is 1.94. The normalized spacial score (nSPS) is 12.0. The van der Waals surface area contributed by atoms with E-state index < -0.39 is 0 Å². The zero-order valence-corrected chi connectivity index (χ0v) is 13.2. The lowest BCUT2D eigenvalue weighted by Crippen LogP contribution is -1.82. The summed E-state index contributed by atoms with van der Waals surface area (Å²) in [5, 5.41) is 1.16. The molecule has 0 amide bonds. The van der Waals surface area contributed by atoms with Crippen LogP contribution in [-0.4, -0.2) is 0 Å². The van der Waals surface area contributed by atoms with Crippen molar-refractivity contribution in [3.8, 4) is 11.1 Å². The molecule has 22 heavy (non-hydrogen) atoms. The van der Waals surface area contributed by atoms with Crippen molar-refractivity contribution in [2.24, 2.45) is 0 Å². The summed E-state index contributed by atoms with van der Waals surface area (Å²) in [5.74, 6) is 0. The van der Waals surface area contributed by atoms with E-state index in [4.69, 9.17) is 23.2 Å². The third kappa shape index (κ3) is 2.16. The van der Waals surface area contributed by atoms with Crippen LogP contribution in [0.15, 0.2) is 66.7 Å². The molecule has 0 heterocycles. The molecule has 0 radical (unpaired) electrons. The quantitative estimate of drug-likeness (QED) is 0.372. The maximum Gasteiger partial charge on any atom is 0.0598 e. The highest BCUT2D eigenvalue weighted by atomic mass is 35.5. The van der Waals surface area contributed by atoms with Gasteiger partial charge in [-0.2, -0.15) is 0 Å². The van der Waals surface area contributed by atoms with E-state index in [1.165, 1.54) is 27.8 Å². The minimum atomic E-state index is 0.579. The second-order valence-corrected chi connectivity index (χ2v) is 6.14. The molecule has 3 aromatic carbocycles. The van der Waals surface area contributed by atoms with Gasteiger partial charge in [0.05, 0.1) is 10.0 Å². The van der Waals surface area contributed by atoms with Crippen molar-refractivity contribution in [1.82, 2.24) is 0 Å². The van der Waals surface area contributed by atoms with Gasteiger partial charge in [-0.1, -0.05) is 77.8 Å². The van der Waals surface area contributed by atoms with E-state index in [2.05, 4.69) is 54.6 Å². The second-order valence-electron chi connectivity index (χ2n) is 5.32. The lowest BCUT2D eigenvalue weighted by Gasteiger charge is -2.04. The number of hydrogen-bond donors (Lipinski definition) is 0. The number of benzene rings is 3. The summed E-state index contributed by atoms with van der Waals surface area (Å²) < 4.78 is 0. The van der Waals surface area contributed by atoms with E-state index in [0.29, 0.717) is 10.0 Å². The molecule has 0 N–H and O–H groups in total. The Morgan fingerprint density at radius 1 is 0.591 bits per heavy atom. The maximum absolute atomic E-state index is 6.14. The largest absolute Gasteiger partial charge is 0.0827 e. The molecule has 1 aliphatic rings. The minimum Gasteiger partial charge on any atom is -0.0827 e. The molecule has 2 heteroatoms. The number of fused-ring (bicyclic) bond motifs is 3. The van der Waals surface area contributed by atoms with Gasteiger partial charge >= 0.3 is 0 Å². The molecule has 4 rings (SSSR count). The SMILES string of the molecule is Clc1ccc(C=C2c3ccccc3-c3ccccc32)cc1Cl. The van der Waals surface area contributed by atoms with E-state index in [1.54, 1.807) is 0 Å². The first kappa shape index (κ1) is 13.6. The molecule has 0 unspecified atom stereocenters. The van der Waals surface area contributed by atoms with Gasteiger partial charge in [0.15, 0.2) is 0 Å². The van der Waals surface area contributed by atoms with Crippen LogP contribution in [0.3, 0.4) is 0 Å². The highest BCUT2D eigenvalue weighted by Gasteiger charge is 2.22. The third-order valence-corrected chi connectivity index (χ3v) is 4.72. The van der Waals surface area contributed by atoms with E-state index in [0.717, 1.165) is 5.56 Å². The van der Waals surface area contributed by atoms with Crippen LogP contribution in [0.2, 0.25) is 10.0 Å². The molecule has 0 aliphatic heterocycles. The van der Waals surface area contributed by atoms with Crippen LogP contribution in [0.1, 0.15) is 16.7 Å². The van der Waals surface area contributed by atoms with E-state index in [9.17, 15) is 0 Å². The first-order chi connectivity index (χ1) is 10.7. The van der Waals surface area contributed by atoms with Crippen molar-refractivity contribution in [2.75, 3.05) is 0 Å². The van der Waals surface area contributed by atoms with Gasteiger partial charge in [0.2, 0.25) is 0 Å². The van der Waals surface area contributed by atoms with Gasteiger partial charge in [-0.05, 0) is 51.6 Å². The van der Waals surface area contributed by atoms with Crippen molar-refractivity contribution in [1.29, 1.82) is 0 Å². The molecule has 0 atom stereocenters. The van der Waals surface area contributed by atoms with Crippen LogP contribution in [0, 0.1) is 0 Å². The molecule has 0 bridgehead atoms. The average Bonchev–Trinajstić information content (AvgIpc) is 2.86. The summed E-state index contributed by atoms with van der Waals surface area (Å²) in [6, 6.07) is 22.7. The van der Waals surface area contributed by atoms with Crippen LogP contribution in [0.4, 0.5) is 0 Å². The van der Waals surface area contributed by atoms with Crippen LogP contribution < -0.4 is 0 Å². The van der Waals surface area contributed by atoms with Crippen LogP contribution in [0.25, 0.3) is 22.8 Å². The average molecular weight is 323 g/mol. The summed E-state index contributed by atoms with van der Waals surface area (Å²) in [6.45, 7) is 0. The molecule has 3 aromatic rings. The van der Waals surface area contributed by atoms with Crippen molar-refractivity contribution in [3.63, 3.8) is 0 Å². The second kappa shape index (κ2) is 5.31. The summed E-state index contributed by atoms with van der Waals surface area (Å²) >= 11 is 12.1. The summed E-state index contributed by atoms with van der Waals surface area (Å²) in [7, 11) is 0. The van der Waals surface area contributed by atoms with Gasteiger partial charge in [0, 0.05) is 0 Å². The Bertz CT molecular complexity index is 860. The van der Waals surface area contributed by atoms with Gasteiger partial charge in [0.1, 0.15) is 0 Å². The summed E-state index contributed by atoms with van der Waals surface area (Å²) in [4.78, 5) is 0. The Kier molecular flexibility index (Phi) is 3.29. The molecule has 0 fully saturated rings. The minimum absolute atomic E-state index is 0.579. The molecule has 0 nitrogen and oxygen atoms in total. The molecule has 0 aromatic heterocycles. The fourth-order valence-electron chi connectivity index (χ4n) is 2.98. The monoisotopic (exact) mass is 322 g/mol. The highest BCUT2D eigenvalue weighted by Crippen LogP contribution is 2.44. The Morgan fingerprint density at radius 2 is 1.14 bits per heavy atom. The standard InChI is InChI=1S/C20H12Cl2/c21-19-10-9-13(12-20(19)22)11-18-16-7-3-1-5-14(16)15-6-2-4-8-17(15)18/h1-12H. The number of rotatable bonds is 1. The van der Waals surface area contributed by atoms with Gasteiger partial charge in [-0.25, -0.2) is 0 Å². The molecule has 1 aliphatic carbocycles. The van der Waals surface area contributed by atoms with Crippen molar-refractivity contribution >= 4 is 34.9 Å². The smallest absolute Gasteiger partial charge is 0.0598 e. The molecule has 0 saturated carbocycles. The predicted octanol–water partition coefficient (Wildman–Crippen LogP) is 6.56. The zero-order valence-electron chi connectivity index (χ0n) is 11.7. The predicted molar refractivity (Wildman–Crippen MR) is 95.3 cm³/mol. The van der Waals surface area contributed by atoms with Gasteiger partial charge in [-0.15, -0.1) is 0 Å².